The van der Waals surface area contributed by atoms with Crippen LogP contribution in [0.3, 0.4) is 0 Å². The molecule has 0 N–H and O–H groups in total. The maximum Gasteiger partial charge on any atom is 0.261 e. The number of fused-ring (bicyclic) bond motifs is 2. The molecule has 7 nitrogen and oxygen atoms in total. The Morgan fingerprint density at radius 1 is 0.943 bits per heavy atom. The highest BCUT2D eigenvalue weighted by molar-refractivity contribution is 6.22. The van der Waals surface area contributed by atoms with E-state index in [-0.39, 0.29) is 29.4 Å². The molecule has 0 radical (unpaired) electrons. The average molecular weight is 475 g/mol. The summed E-state index contributed by atoms with van der Waals surface area (Å²) in [6.07, 6.45) is 1.43. The minimum Gasteiger partial charge on any atom is -0.486 e. The molecule has 1 fully saturated rings. The number of piperidine rings is 1. The van der Waals surface area contributed by atoms with Gasteiger partial charge in [-0.1, -0.05) is 13.8 Å². The fraction of sp³-hybridized carbons (Fsp3) is 0.429. The zero-order chi connectivity index (χ0) is 25.1. The van der Waals surface area contributed by atoms with E-state index in [9.17, 15) is 19.2 Å². The molecule has 0 aromatic heterocycles. The standard InChI is InChI=1S/C28H30N2O5/c1-16(2)15-30-26(33)20-6-5-19(13-21(20)27(30)34)25(32)29-9-7-28(8-10-29)14-23(31)22-11-17(3)18(4)12-24(22)35-28/h5-6,11-13,16H,7-10,14-15H2,1-4H3. The number of carbonyl (C=O) groups excluding carboxylic acids is 4. The summed E-state index contributed by atoms with van der Waals surface area (Å²) >= 11 is 0. The topological polar surface area (TPSA) is 84.0 Å². The Morgan fingerprint density at radius 2 is 1.60 bits per heavy atom. The van der Waals surface area contributed by atoms with Crippen molar-refractivity contribution in [2.75, 3.05) is 19.6 Å². The molecule has 3 heterocycles. The number of imide groups is 1. The maximum absolute atomic E-state index is 13.3. The number of nitrogens with zero attached hydrogens (tertiary/aromatic N) is 2. The zero-order valence-corrected chi connectivity index (χ0v) is 20.6. The number of ether oxygens (including phenoxy) is 1. The Bertz CT molecular complexity index is 1270. The van der Waals surface area contributed by atoms with Gasteiger partial charge >= 0.3 is 0 Å². The molecule has 0 unspecified atom stereocenters. The first-order valence-electron chi connectivity index (χ1n) is 12.2. The molecule has 0 bridgehead atoms. The molecule has 35 heavy (non-hydrogen) atoms. The highest BCUT2D eigenvalue weighted by Crippen LogP contribution is 2.40. The Hall–Kier alpha value is -3.48. The number of ketones is 1. The van der Waals surface area contributed by atoms with Crippen molar-refractivity contribution in [3.63, 3.8) is 0 Å². The lowest BCUT2D eigenvalue weighted by Gasteiger charge is -2.44. The third kappa shape index (κ3) is 3.93. The largest absolute Gasteiger partial charge is 0.486 e. The molecule has 1 spiro atoms. The molecule has 3 aliphatic rings. The Labute approximate surface area is 205 Å². The SMILES string of the molecule is Cc1cc2c(cc1C)C(=O)CC1(CCN(C(=O)c3ccc4c(c3)C(=O)N(CC(C)C)C4=O)CC1)O2. The number of benzene rings is 2. The van der Waals surface area contributed by atoms with E-state index in [1.807, 2.05) is 39.8 Å². The first-order chi connectivity index (χ1) is 16.6. The van der Waals surface area contributed by atoms with Crippen LogP contribution < -0.4 is 4.74 Å². The van der Waals surface area contributed by atoms with E-state index < -0.39 is 5.60 Å². The van der Waals surface area contributed by atoms with E-state index in [1.54, 1.807) is 23.1 Å². The summed E-state index contributed by atoms with van der Waals surface area (Å²) in [5.74, 6) is 0.0532. The van der Waals surface area contributed by atoms with Crippen molar-refractivity contribution in [1.82, 2.24) is 9.80 Å². The number of hydrogen-bond acceptors (Lipinski definition) is 5. The highest BCUT2D eigenvalue weighted by atomic mass is 16.5. The number of aryl methyl sites for hydroxylation is 2. The number of rotatable bonds is 3. The Kier molecular flexibility index (Phi) is 5.54. The summed E-state index contributed by atoms with van der Waals surface area (Å²) in [4.78, 5) is 54.6. The average Bonchev–Trinajstić information content (AvgIpc) is 3.04. The van der Waals surface area contributed by atoms with Crippen LogP contribution in [0.4, 0.5) is 0 Å². The summed E-state index contributed by atoms with van der Waals surface area (Å²) in [7, 11) is 0. The molecule has 3 amide bonds. The Balaban J connectivity index is 1.31. The van der Waals surface area contributed by atoms with E-state index in [1.165, 1.54) is 4.90 Å². The zero-order valence-electron chi connectivity index (χ0n) is 20.6. The summed E-state index contributed by atoms with van der Waals surface area (Å²) in [6.45, 7) is 9.15. The lowest BCUT2D eigenvalue weighted by molar-refractivity contribution is -0.00577. The van der Waals surface area contributed by atoms with Gasteiger partial charge in [-0.25, -0.2) is 0 Å². The second-order valence-electron chi connectivity index (χ2n) is 10.5. The monoisotopic (exact) mass is 474 g/mol. The molecule has 2 aromatic rings. The van der Waals surface area contributed by atoms with Gasteiger partial charge in [-0.15, -0.1) is 0 Å². The van der Waals surface area contributed by atoms with Crippen molar-refractivity contribution in [2.24, 2.45) is 5.92 Å². The third-order valence-corrected chi connectivity index (χ3v) is 7.43. The molecular weight excluding hydrogens is 444 g/mol. The van der Waals surface area contributed by atoms with E-state index in [4.69, 9.17) is 4.74 Å². The van der Waals surface area contributed by atoms with Gasteiger partial charge in [0.1, 0.15) is 11.4 Å². The van der Waals surface area contributed by atoms with Crippen LogP contribution in [0.1, 0.15) is 85.7 Å². The summed E-state index contributed by atoms with van der Waals surface area (Å²) in [5.41, 5.74) is 3.23. The van der Waals surface area contributed by atoms with Gasteiger partial charge in [-0.3, -0.25) is 24.1 Å². The van der Waals surface area contributed by atoms with E-state index in [0.717, 1.165) is 11.1 Å². The molecule has 0 atom stereocenters. The fourth-order valence-corrected chi connectivity index (χ4v) is 5.28. The lowest BCUT2D eigenvalue weighted by atomic mass is 9.81. The maximum atomic E-state index is 13.3. The van der Waals surface area contributed by atoms with Crippen LogP contribution in [0, 0.1) is 19.8 Å². The number of carbonyl (C=O) groups is 4. The molecule has 0 saturated carbocycles. The Morgan fingerprint density at radius 3 is 2.29 bits per heavy atom. The van der Waals surface area contributed by atoms with E-state index >= 15 is 0 Å². The first-order valence-corrected chi connectivity index (χ1v) is 12.2. The molecule has 0 aliphatic carbocycles. The molecule has 1 saturated heterocycles. The smallest absolute Gasteiger partial charge is 0.261 e. The molecule has 3 aliphatic heterocycles. The molecular formula is C28H30N2O5. The van der Waals surface area contributed by atoms with Gasteiger partial charge in [-0.05, 0) is 61.2 Å². The van der Waals surface area contributed by atoms with E-state index in [0.29, 0.717) is 66.9 Å². The van der Waals surface area contributed by atoms with Crippen LogP contribution in [0.5, 0.6) is 5.75 Å². The van der Waals surface area contributed by atoms with Gasteiger partial charge in [-0.2, -0.15) is 0 Å². The summed E-state index contributed by atoms with van der Waals surface area (Å²) in [5, 5.41) is 0. The quantitative estimate of drug-likeness (QED) is 0.623. The van der Waals surface area contributed by atoms with Crippen LogP contribution in [0.15, 0.2) is 30.3 Å². The summed E-state index contributed by atoms with van der Waals surface area (Å²) < 4.78 is 6.38. The number of hydrogen-bond donors (Lipinski definition) is 0. The van der Waals surface area contributed by atoms with Crippen molar-refractivity contribution in [1.29, 1.82) is 0 Å². The fourth-order valence-electron chi connectivity index (χ4n) is 5.28. The molecule has 182 valence electrons. The van der Waals surface area contributed by atoms with Crippen molar-refractivity contribution >= 4 is 23.5 Å². The molecule has 7 heteroatoms. The van der Waals surface area contributed by atoms with Gasteiger partial charge in [0, 0.05) is 38.0 Å². The third-order valence-electron chi connectivity index (χ3n) is 7.43. The van der Waals surface area contributed by atoms with Gasteiger partial charge in [0.2, 0.25) is 0 Å². The van der Waals surface area contributed by atoms with Crippen molar-refractivity contribution in [3.8, 4) is 5.75 Å². The summed E-state index contributed by atoms with van der Waals surface area (Å²) in [6, 6.07) is 8.59. The van der Waals surface area contributed by atoms with Crippen LogP contribution in [-0.4, -0.2) is 58.5 Å². The number of likely N-dealkylation sites (tertiary alicyclic amines) is 1. The van der Waals surface area contributed by atoms with Crippen molar-refractivity contribution in [2.45, 2.75) is 52.6 Å². The molecule has 5 rings (SSSR count). The minimum atomic E-state index is -0.597. The first kappa shape index (κ1) is 23.3. The number of amides is 3. The van der Waals surface area contributed by atoms with Crippen molar-refractivity contribution < 1.29 is 23.9 Å². The normalized spacial score (nSPS) is 18.7. The second kappa shape index (κ2) is 8.33. The highest BCUT2D eigenvalue weighted by Gasteiger charge is 2.44. The lowest BCUT2D eigenvalue weighted by Crippen LogP contribution is -2.52. The van der Waals surface area contributed by atoms with Crippen molar-refractivity contribution in [3.05, 3.63) is 63.7 Å². The van der Waals surface area contributed by atoms with Gasteiger partial charge in [0.25, 0.3) is 17.7 Å². The second-order valence-corrected chi connectivity index (χ2v) is 10.5. The van der Waals surface area contributed by atoms with Crippen LogP contribution >= 0.6 is 0 Å². The minimum absolute atomic E-state index is 0.0851. The van der Waals surface area contributed by atoms with Gasteiger partial charge < -0.3 is 9.64 Å². The number of Topliss-reactive ketones (excluding diaryl/α,β-unsaturated/α-hetero) is 1. The predicted octanol–water partition coefficient (Wildman–Crippen LogP) is 4.20. The van der Waals surface area contributed by atoms with Gasteiger partial charge in [0.15, 0.2) is 5.78 Å². The molecule has 2 aromatic carbocycles. The van der Waals surface area contributed by atoms with Crippen LogP contribution in [-0.2, 0) is 0 Å². The van der Waals surface area contributed by atoms with Gasteiger partial charge in [0.05, 0.1) is 23.1 Å². The van der Waals surface area contributed by atoms with Crippen LogP contribution in [0.2, 0.25) is 0 Å². The van der Waals surface area contributed by atoms with E-state index in [2.05, 4.69) is 0 Å². The van der Waals surface area contributed by atoms with Crippen LogP contribution in [0.25, 0.3) is 0 Å². The predicted molar refractivity (Wildman–Crippen MR) is 130 cm³/mol.